The van der Waals surface area contributed by atoms with Crippen molar-refractivity contribution >= 4 is 27.3 Å². The molecule has 0 N–H and O–H groups in total. The predicted octanol–water partition coefficient (Wildman–Crippen LogP) is 1.72. The van der Waals surface area contributed by atoms with E-state index in [0.717, 1.165) is 19.3 Å². The third kappa shape index (κ3) is 2.83. The van der Waals surface area contributed by atoms with Gasteiger partial charge in [-0.3, -0.25) is 4.79 Å². The fourth-order valence-corrected chi connectivity index (χ4v) is 5.05. The van der Waals surface area contributed by atoms with Crippen LogP contribution in [0.25, 0.3) is 0 Å². The topological polar surface area (TPSA) is 59.4 Å². The van der Waals surface area contributed by atoms with Crippen molar-refractivity contribution in [2.45, 2.75) is 25.3 Å². The van der Waals surface area contributed by atoms with Gasteiger partial charge in [0, 0.05) is 25.8 Å². The maximum Gasteiger partial charge on any atom is 0.270 e. The summed E-state index contributed by atoms with van der Waals surface area (Å²) in [7, 11) is -1.26. The minimum absolute atomic E-state index is 0.0557. The number of carbonyl (C=O) groups is 1. The van der Waals surface area contributed by atoms with E-state index in [9.17, 15) is 13.2 Å². The molecule has 1 aliphatic heterocycles. The van der Waals surface area contributed by atoms with Crippen LogP contribution in [0.5, 0.6) is 0 Å². The van der Waals surface area contributed by atoms with Crippen LogP contribution in [-0.4, -0.2) is 47.9 Å². The summed E-state index contributed by atoms with van der Waals surface area (Å²) in [6, 6.07) is 1.46. The first-order chi connectivity index (χ1) is 9.87. The van der Waals surface area contributed by atoms with Crippen molar-refractivity contribution in [3.8, 4) is 0 Å². The second kappa shape index (κ2) is 5.32. The SMILES string of the molecule is Cn1cc(Cl)cc1C(=O)N1CCS(=O)(=O)C[C@@H]1C1CCC1. The molecule has 1 aromatic rings. The largest absolute Gasteiger partial charge is 0.345 e. The molecular weight excluding hydrogens is 312 g/mol. The third-order valence-corrected chi connectivity index (χ3v) is 6.47. The summed E-state index contributed by atoms with van der Waals surface area (Å²) < 4.78 is 25.5. The van der Waals surface area contributed by atoms with E-state index in [1.807, 2.05) is 0 Å². The highest BCUT2D eigenvalue weighted by Gasteiger charge is 2.41. The molecule has 7 heteroatoms. The Kier molecular flexibility index (Phi) is 3.78. The van der Waals surface area contributed by atoms with Crippen LogP contribution in [-0.2, 0) is 16.9 Å². The van der Waals surface area contributed by atoms with Crippen molar-refractivity contribution < 1.29 is 13.2 Å². The van der Waals surface area contributed by atoms with E-state index in [4.69, 9.17) is 11.6 Å². The van der Waals surface area contributed by atoms with Gasteiger partial charge in [-0.2, -0.15) is 0 Å². The second-order valence-electron chi connectivity index (χ2n) is 6.03. The molecule has 21 heavy (non-hydrogen) atoms. The van der Waals surface area contributed by atoms with Gasteiger partial charge < -0.3 is 9.47 Å². The van der Waals surface area contributed by atoms with E-state index in [1.54, 1.807) is 28.8 Å². The molecule has 2 fully saturated rings. The van der Waals surface area contributed by atoms with Crippen LogP contribution in [0.1, 0.15) is 29.8 Å². The monoisotopic (exact) mass is 330 g/mol. The zero-order valence-electron chi connectivity index (χ0n) is 12.0. The van der Waals surface area contributed by atoms with E-state index >= 15 is 0 Å². The van der Waals surface area contributed by atoms with Gasteiger partial charge in [0.05, 0.1) is 16.5 Å². The van der Waals surface area contributed by atoms with Crippen molar-refractivity contribution in [2.24, 2.45) is 13.0 Å². The summed E-state index contributed by atoms with van der Waals surface area (Å²) in [5.74, 6) is 0.359. The summed E-state index contributed by atoms with van der Waals surface area (Å²) in [5.41, 5.74) is 0.517. The zero-order chi connectivity index (χ0) is 15.2. The van der Waals surface area contributed by atoms with E-state index in [2.05, 4.69) is 0 Å². The van der Waals surface area contributed by atoms with Crippen molar-refractivity contribution in [1.29, 1.82) is 0 Å². The molecule has 0 bridgehead atoms. The molecule has 116 valence electrons. The van der Waals surface area contributed by atoms with Gasteiger partial charge >= 0.3 is 0 Å². The summed E-state index contributed by atoms with van der Waals surface area (Å²) in [5, 5.41) is 0.519. The Balaban J connectivity index is 1.88. The van der Waals surface area contributed by atoms with Crippen LogP contribution in [0, 0.1) is 5.92 Å². The molecule has 1 atom stereocenters. The first kappa shape index (κ1) is 14.9. The summed E-state index contributed by atoms with van der Waals surface area (Å²) in [4.78, 5) is 14.5. The van der Waals surface area contributed by atoms with Crippen LogP contribution >= 0.6 is 11.6 Å². The summed E-state index contributed by atoms with van der Waals surface area (Å²) >= 11 is 5.94. The quantitative estimate of drug-likeness (QED) is 0.829. The van der Waals surface area contributed by atoms with E-state index in [0.29, 0.717) is 16.6 Å². The van der Waals surface area contributed by atoms with Crippen LogP contribution in [0.3, 0.4) is 0 Å². The third-order valence-electron chi connectivity index (χ3n) is 4.61. The predicted molar refractivity (Wildman–Crippen MR) is 81.2 cm³/mol. The van der Waals surface area contributed by atoms with Gasteiger partial charge in [-0.25, -0.2) is 8.42 Å². The number of rotatable bonds is 2. The number of hydrogen-bond donors (Lipinski definition) is 0. The minimum Gasteiger partial charge on any atom is -0.345 e. The number of nitrogens with zero attached hydrogens (tertiary/aromatic N) is 2. The maximum atomic E-state index is 12.8. The number of aryl methyl sites for hydroxylation is 1. The Morgan fingerprint density at radius 2 is 2.10 bits per heavy atom. The standard InChI is InChI=1S/C14H19ClN2O3S/c1-16-8-11(15)7-12(16)14(18)17-5-6-21(19,20)9-13(17)10-3-2-4-10/h7-8,10,13H,2-6,9H2,1H3/t13-/m1/s1. The van der Waals surface area contributed by atoms with Gasteiger partial charge in [-0.15, -0.1) is 0 Å². The Morgan fingerprint density at radius 3 is 2.62 bits per heavy atom. The van der Waals surface area contributed by atoms with Crippen LogP contribution < -0.4 is 0 Å². The van der Waals surface area contributed by atoms with Crippen LogP contribution in [0.2, 0.25) is 5.02 Å². The number of carbonyl (C=O) groups excluding carboxylic acids is 1. The molecular formula is C14H19ClN2O3S. The first-order valence-electron chi connectivity index (χ1n) is 7.20. The Morgan fingerprint density at radius 1 is 1.38 bits per heavy atom. The molecule has 1 aromatic heterocycles. The van der Waals surface area contributed by atoms with Crippen molar-refractivity contribution in [3.63, 3.8) is 0 Å². The fourth-order valence-electron chi connectivity index (χ4n) is 3.19. The molecule has 0 spiro atoms. The normalized spacial score (nSPS) is 25.6. The molecule has 1 amide bonds. The number of hydrogen-bond acceptors (Lipinski definition) is 3. The fraction of sp³-hybridized carbons (Fsp3) is 0.643. The van der Waals surface area contributed by atoms with Gasteiger partial charge in [-0.05, 0) is 24.8 Å². The molecule has 2 heterocycles. The first-order valence-corrected chi connectivity index (χ1v) is 9.40. The lowest BCUT2D eigenvalue weighted by Crippen LogP contribution is -2.55. The Hall–Kier alpha value is -1.01. The smallest absolute Gasteiger partial charge is 0.270 e. The molecule has 1 aliphatic carbocycles. The highest BCUT2D eigenvalue weighted by molar-refractivity contribution is 7.91. The highest BCUT2D eigenvalue weighted by Crippen LogP contribution is 2.35. The second-order valence-corrected chi connectivity index (χ2v) is 8.69. The molecule has 3 rings (SSSR count). The molecule has 0 aromatic carbocycles. The number of amides is 1. The van der Waals surface area contributed by atoms with Gasteiger partial charge in [0.2, 0.25) is 0 Å². The average molecular weight is 331 g/mol. The molecule has 0 radical (unpaired) electrons. The minimum atomic E-state index is -3.03. The zero-order valence-corrected chi connectivity index (χ0v) is 13.5. The molecule has 0 unspecified atom stereocenters. The van der Waals surface area contributed by atoms with Crippen molar-refractivity contribution in [1.82, 2.24) is 9.47 Å². The van der Waals surface area contributed by atoms with Gasteiger partial charge in [0.15, 0.2) is 9.84 Å². The van der Waals surface area contributed by atoms with E-state index < -0.39 is 9.84 Å². The number of aromatic nitrogens is 1. The van der Waals surface area contributed by atoms with Crippen molar-refractivity contribution in [3.05, 3.63) is 23.0 Å². The lowest BCUT2D eigenvalue weighted by molar-refractivity contribution is 0.0554. The highest BCUT2D eigenvalue weighted by atomic mass is 35.5. The molecule has 2 aliphatic rings. The lowest BCUT2D eigenvalue weighted by atomic mass is 9.79. The van der Waals surface area contributed by atoms with E-state index in [-0.39, 0.29) is 30.0 Å². The Bertz CT molecular complexity index is 664. The molecule has 1 saturated carbocycles. The molecule has 1 saturated heterocycles. The maximum absolute atomic E-state index is 12.8. The Labute approximate surface area is 129 Å². The number of halogens is 1. The summed E-state index contributed by atoms with van der Waals surface area (Å²) in [6.45, 7) is 0.283. The summed E-state index contributed by atoms with van der Waals surface area (Å²) in [6.07, 6.45) is 4.84. The van der Waals surface area contributed by atoms with Gasteiger partial charge in [0.1, 0.15) is 5.69 Å². The van der Waals surface area contributed by atoms with Crippen LogP contribution in [0.4, 0.5) is 0 Å². The lowest BCUT2D eigenvalue weighted by Gasteiger charge is -2.43. The molecule has 5 nitrogen and oxygen atoms in total. The average Bonchev–Trinajstić information content (AvgIpc) is 2.65. The number of sulfone groups is 1. The van der Waals surface area contributed by atoms with E-state index in [1.165, 1.54) is 0 Å². The van der Waals surface area contributed by atoms with Crippen molar-refractivity contribution in [2.75, 3.05) is 18.1 Å². The van der Waals surface area contributed by atoms with Gasteiger partial charge in [-0.1, -0.05) is 18.0 Å². The van der Waals surface area contributed by atoms with Crippen LogP contribution in [0.15, 0.2) is 12.3 Å². The van der Waals surface area contributed by atoms with Gasteiger partial charge in [0.25, 0.3) is 5.91 Å².